The van der Waals surface area contributed by atoms with Gasteiger partial charge in [0.15, 0.2) is 5.84 Å². The van der Waals surface area contributed by atoms with Gasteiger partial charge in [0.25, 0.3) is 0 Å². The number of amidine groups is 1. The summed E-state index contributed by atoms with van der Waals surface area (Å²) in [6.07, 6.45) is 6.27. The molecule has 1 aromatic rings. The Labute approximate surface area is 90.7 Å². The number of thiophene rings is 1. The van der Waals surface area contributed by atoms with Gasteiger partial charge in [-0.25, -0.2) is 0 Å². The maximum atomic E-state index is 8.41. The summed E-state index contributed by atoms with van der Waals surface area (Å²) in [7, 11) is 0. The molecule has 0 bridgehead atoms. The van der Waals surface area contributed by atoms with Crippen molar-refractivity contribution in [3.8, 4) is 6.19 Å². The summed E-state index contributed by atoms with van der Waals surface area (Å²) in [4.78, 5) is 4.15. The number of nitrogens with two attached hydrogens (primary N) is 2. The summed E-state index contributed by atoms with van der Waals surface area (Å²) in [5.74, 6) is 0.177. The highest BCUT2D eigenvalue weighted by Gasteiger charge is 2.18. The Balaban J connectivity index is 2.48. The average Bonchev–Trinajstić information content (AvgIpc) is 2.57. The van der Waals surface area contributed by atoms with Crippen LogP contribution in [0.1, 0.15) is 10.4 Å². The minimum Gasteiger partial charge on any atom is -0.397 e. The van der Waals surface area contributed by atoms with Crippen LogP contribution in [0.5, 0.6) is 0 Å². The summed E-state index contributed by atoms with van der Waals surface area (Å²) in [5, 5.41) is 12.5. The highest BCUT2D eigenvalue weighted by molar-refractivity contribution is 7.19. The van der Waals surface area contributed by atoms with Crippen molar-refractivity contribution in [3.05, 3.63) is 22.7 Å². The fourth-order valence-corrected chi connectivity index (χ4v) is 2.43. The van der Waals surface area contributed by atoms with Crippen LogP contribution in [0.15, 0.2) is 17.3 Å². The van der Waals surface area contributed by atoms with E-state index in [-0.39, 0.29) is 5.84 Å². The van der Waals surface area contributed by atoms with Gasteiger partial charge < -0.3 is 16.8 Å². The zero-order chi connectivity index (χ0) is 10.8. The van der Waals surface area contributed by atoms with E-state index in [1.807, 2.05) is 12.3 Å². The van der Waals surface area contributed by atoms with E-state index in [1.165, 1.54) is 11.3 Å². The average molecular weight is 219 g/mol. The molecule has 1 aliphatic rings. The number of anilines is 2. The molecule has 0 spiro atoms. The third kappa shape index (κ3) is 1.53. The smallest absolute Gasteiger partial charge is 0.207 e. The van der Waals surface area contributed by atoms with E-state index in [2.05, 4.69) is 10.3 Å². The van der Waals surface area contributed by atoms with Gasteiger partial charge in [-0.15, -0.1) is 11.3 Å². The fourth-order valence-electron chi connectivity index (χ4n) is 1.40. The normalized spacial score (nSPS) is 14.2. The Morgan fingerprint density at radius 2 is 2.47 bits per heavy atom. The lowest BCUT2D eigenvalue weighted by atomic mass is 10.1. The number of hydrogen-bond donors (Lipinski definition) is 3. The Morgan fingerprint density at radius 1 is 1.67 bits per heavy atom. The topological polar surface area (TPSA) is 100 Å². The standard InChI is InChI=1S/C9H9N5S/c10-4-14-8(12)7-6(11)5-2-1-3-13-9(5)15-7/h1,3,13H,2,11H2,(H2,12,14). The van der Waals surface area contributed by atoms with Crippen molar-refractivity contribution in [1.82, 2.24) is 0 Å². The molecule has 76 valence electrons. The van der Waals surface area contributed by atoms with Crippen molar-refractivity contribution >= 4 is 27.9 Å². The van der Waals surface area contributed by atoms with E-state index in [0.29, 0.717) is 10.6 Å². The number of nitrogens with one attached hydrogen (secondary N) is 1. The summed E-state index contributed by atoms with van der Waals surface area (Å²) in [6, 6.07) is 0. The number of aliphatic imine (C=N–C) groups is 1. The van der Waals surface area contributed by atoms with Crippen LogP contribution >= 0.6 is 11.3 Å². The summed E-state index contributed by atoms with van der Waals surface area (Å²) < 4.78 is 0. The quantitative estimate of drug-likeness (QED) is 0.372. The maximum absolute atomic E-state index is 8.41. The molecule has 0 atom stereocenters. The van der Waals surface area contributed by atoms with Crippen molar-refractivity contribution < 1.29 is 0 Å². The number of fused-ring (bicyclic) bond motifs is 1. The van der Waals surface area contributed by atoms with Gasteiger partial charge in [-0.1, -0.05) is 6.08 Å². The predicted molar refractivity (Wildman–Crippen MR) is 61.5 cm³/mol. The minimum atomic E-state index is 0.177. The molecule has 1 aliphatic heterocycles. The largest absolute Gasteiger partial charge is 0.397 e. The van der Waals surface area contributed by atoms with Gasteiger partial charge in [0.2, 0.25) is 6.19 Å². The molecule has 5 N–H and O–H groups in total. The first-order valence-electron chi connectivity index (χ1n) is 4.29. The van der Waals surface area contributed by atoms with Crippen molar-refractivity contribution in [2.75, 3.05) is 11.1 Å². The number of nitrogens with zero attached hydrogens (tertiary/aromatic N) is 2. The molecule has 0 saturated carbocycles. The lowest BCUT2D eigenvalue weighted by molar-refractivity contribution is 1.26. The van der Waals surface area contributed by atoms with Gasteiger partial charge in [-0.2, -0.15) is 10.3 Å². The number of nitrogen functional groups attached to an aromatic ring is 1. The monoisotopic (exact) mass is 219 g/mol. The van der Waals surface area contributed by atoms with Crippen molar-refractivity contribution in [2.24, 2.45) is 10.7 Å². The molecule has 0 aromatic carbocycles. The highest BCUT2D eigenvalue weighted by atomic mass is 32.1. The minimum absolute atomic E-state index is 0.177. The molecule has 0 aliphatic carbocycles. The molecule has 15 heavy (non-hydrogen) atoms. The molecule has 6 heteroatoms. The zero-order valence-electron chi connectivity index (χ0n) is 7.82. The summed E-state index contributed by atoms with van der Waals surface area (Å²) in [6.45, 7) is 0. The SMILES string of the molecule is N#CN=C(N)c1sc2c(c1N)CC=CN2. The van der Waals surface area contributed by atoms with Crippen molar-refractivity contribution in [1.29, 1.82) is 5.26 Å². The van der Waals surface area contributed by atoms with Gasteiger partial charge in [0.05, 0.1) is 15.6 Å². The Bertz CT molecular complexity index is 491. The lowest BCUT2D eigenvalue weighted by Crippen LogP contribution is -2.13. The Kier molecular flexibility index (Phi) is 2.31. The fraction of sp³-hybridized carbons (Fsp3) is 0.111. The maximum Gasteiger partial charge on any atom is 0.207 e. The zero-order valence-corrected chi connectivity index (χ0v) is 8.64. The van der Waals surface area contributed by atoms with Gasteiger partial charge in [0.1, 0.15) is 0 Å². The molecule has 0 unspecified atom stereocenters. The van der Waals surface area contributed by atoms with E-state index in [4.69, 9.17) is 16.7 Å². The third-order valence-electron chi connectivity index (χ3n) is 2.11. The van der Waals surface area contributed by atoms with Gasteiger partial charge in [-0.05, 0) is 12.6 Å². The van der Waals surface area contributed by atoms with Crippen molar-refractivity contribution in [3.63, 3.8) is 0 Å². The van der Waals surface area contributed by atoms with Crippen LogP contribution in [-0.2, 0) is 6.42 Å². The highest BCUT2D eigenvalue weighted by Crippen LogP contribution is 2.37. The first-order chi connectivity index (χ1) is 7.24. The lowest BCUT2D eigenvalue weighted by Gasteiger charge is -2.06. The number of allylic oxidation sites excluding steroid dienone is 1. The molecule has 0 fully saturated rings. The summed E-state index contributed by atoms with van der Waals surface area (Å²) >= 11 is 1.42. The van der Waals surface area contributed by atoms with Gasteiger partial charge in [-0.3, -0.25) is 0 Å². The first-order valence-corrected chi connectivity index (χ1v) is 5.11. The van der Waals surface area contributed by atoms with Crippen molar-refractivity contribution in [2.45, 2.75) is 6.42 Å². The van der Waals surface area contributed by atoms with Crippen LogP contribution in [0.25, 0.3) is 0 Å². The van der Waals surface area contributed by atoms with Gasteiger partial charge >= 0.3 is 0 Å². The molecular formula is C9H9N5S. The second kappa shape index (κ2) is 3.63. The van der Waals surface area contributed by atoms with E-state index in [9.17, 15) is 0 Å². The molecule has 0 amide bonds. The molecule has 0 saturated heterocycles. The second-order valence-electron chi connectivity index (χ2n) is 3.00. The van der Waals surface area contributed by atoms with E-state index < -0.39 is 0 Å². The van der Waals surface area contributed by atoms with Crippen LogP contribution in [0.4, 0.5) is 10.7 Å². The van der Waals surface area contributed by atoms with E-state index >= 15 is 0 Å². The molecule has 2 heterocycles. The molecule has 2 rings (SSSR count). The van der Waals surface area contributed by atoms with Crippen LogP contribution in [0, 0.1) is 11.5 Å². The number of rotatable bonds is 1. The van der Waals surface area contributed by atoms with Crippen LogP contribution in [0.3, 0.4) is 0 Å². The summed E-state index contributed by atoms with van der Waals surface area (Å²) in [5.41, 5.74) is 13.2. The second-order valence-corrected chi connectivity index (χ2v) is 4.02. The molecule has 5 nitrogen and oxygen atoms in total. The van der Waals surface area contributed by atoms with Gasteiger partial charge in [0, 0.05) is 5.56 Å². The Hall–Kier alpha value is -2.00. The number of nitriles is 1. The van der Waals surface area contributed by atoms with Crippen LogP contribution in [0.2, 0.25) is 0 Å². The third-order valence-corrected chi connectivity index (χ3v) is 3.31. The van der Waals surface area contributed by atoms with Crippen LogP contribution < -0.4 is 16.8 Å². The van der Waals surface area contributed by atoms with Crippen LogP contribution in [-0.4, -0.2) is 5.84 Å². The predicted octanol–water partition coefficient (Wildman–Crippen LogP) is 0.998. The van der Waals surface area contributed by atoms with E-state index in [1.54, 1.807) is 6.19 Å². The first kappa shape index (κ1) is 9.55. The molecule has 1 aromatic heterocycles. The Morgan fingerprint density at radius 3 is 3.13 bits per heavy atom. The van der Waals surface area contributed by atoms with E-state index in [0.717, 1.165) is 17.0 Å². The number of hydrogen-bond acceptors (Lipinski definition) is 5. The molecular weight excluding hydrogens is 210 g/mol. The molecule has 0 radical (unpaired) electrons.